The van der Waals surface area contributed by atoms with E-state index in [0.29, 0.717) is 12.1 Å². The fourth-order valence-corrected chi connectivity index (χ4v) is 1.92. The minimum atomic E-state index is -0.583. The molecule has 0 saturated heterocycles. The Morgan fingerprint density at radius 2 is 2.11 bits per heavy atom. The minimum Gasteiger partial charge on any atom is -0.326 e. The molecular weight excluding hydrogens is 242 g/mol. The molecule has 1 aromatic rings. The van der Waals surface area contributed by atoms with Crippen LogP contribution in [0.1, 0.15) is 26.3 Å². The average molecular weight is 261 g/mol. The summed E-state index contributed by atoms with van der Waals surface area (Å²) in [4.78, 5) is 23.3. The predicted molar refractivity (Wildman–Crippen MR) is 74.8 cm³/mol. The van der Waals surface area contributed by atoms with Crippen molar-refractivity contribution in [1.29, 1.82) is 0 Å². The molecule has 5 nitrogen and oxygen atoms in total. The molecule has 1 heterocycles. The largest absolute Gasteiger partial charge is 0.326 e. The van der Waals surface area contributed by atoms with Crippen LogP contribution < -0.4 is 16.4 Å². The highest BCUT2D eigenvalue weighted by molar-refractivity contribution is 6.01. The van der Waals surface area contributed by atoms with Crippen LogP contribution in [0.3, 0.4) is 0 Å². The lowest BCUT2D eigenvalue weighted by molar-refractivity contribution is -0.119. The number of hydrogen-bond acceptors (Lipinski definition) is 3. The summed E-state index contributed by atoms with van der Waals surface area (Å²) in [5, 5.41) is 5.54. The lowest BCUT2D eigenvalue weighted by atomic mass is 9.87. The van der Waals surface area contributed by atoms with E-state index in [-0.39, 0.29) is 17.2 Å². The second-order valence-corrected chi connectivity index (χ2v) is 5.93. The number of benzene rings is 1. The number of hydrogen-bond donors (Lipinski definition) is 3. The molecule has 1 aliphatic rings. The van der Waals surface area contributed by atoms with Gasteiger partial charge in [0.1, 0.15) is 0 Å². The monoisotopic (exact) mass is 261 g/mol. The molecule has 0 fully saturated rings. The lowest BCUT2D eigenvalue weighted by Gasteiger charge is -2.25. The van der Waals surface area contributed by atoms with Crippen molar-refractivity contribution in [3.8, 4) is 0 Å². The summed E-state index contributed by atoms with van der Waals surface area (Å²) in [6, 6.07) is 4.77. The molecule has 1 atom stereocenters. The normalized spacial score (nSPS) is 15.7. The van der Waals surface area contributed by atoms with Gasteiger partial charge in [-0.1, -0.05) is 20.8 Å². The molecule has 0 aliphatic carbocycles. The van der Waals surface area contributed by atoms with E-state index in [1.807, 2.05) is 20.8 Å². The highest BCUT2D eigenvalue weighted by atomic mass is 16.2. The van der Waals surface area contributed by atoms with Gasteiger partial charge in [-0.25, -0.2) is 0 Å². The van der Waals surface area contributed by atoms with Gasteiger partial charge in [0.25, 0.3) is 0 Å². The van der Waals surface area contributed by atoms with E-state index >= 15 is 0 Å². The third-order valence-electron chi connectivity index (χ3n) is 3.21. The highest BCUT2D eigenvalue weighted by Crippen LogP contribution is 2.26. The maximum Gasteiger partial charge on any atom is 0.241 e. The van der Waals surface area contributed by atoms with E-state index in [1.54, 1.807) is 18.2 Å². The average Bonchev–Trinajstić information content (AvgIpc) is 2.66. The zero-order chi connectivity index (χ0) is 14.2. The van der Waals surface area contributed by atoms with Crippen LogP contribution in [0.2, 0.25) is 0 Å². The van der Waals surface area contributed by atoms with E-state index in [4.69, 9.17) is 5.73 Å². The molecule has 2 amide bonds. The van der Waals surface area contributed by atoms with E-state index in [1.165, 1.54) is 0 Å². The summed E-state index contributed by atoms with van der Waals surface area (Å²) >= 11 is 0. The molecule has 19 heavy (non-hydrogen) atoms. The van der Waals surface area contributed by atoms with Crippen molar-refractivity contribution < 1.29 is 9.59 Å². The topological polar surface area (TPSA) is 84.2 Å². The van der Waals surface area contributed by atoms with Gasteiger partial charge < -0.3 is 16.4 Å². The molecule has 0 saturated carbocycles. The molecule has 0 radical (unpaired) electrons. The van der Waals surface area contributed by atoms with Crippen LogP contribution in [0.5, 0.6) is 0 Å². The first-order chi connectivity index (χ1) is 8.77. The number of amides is 2. The molecular formula is C14H19N3O2. The fraction of sp³-hybridized carbons (Fsp3) is 0.429. The molecule has 0 unspecified atom stereocenters. The molecule has 5 heteroatoms. The number of carbonyl (C=O) groups excluding carboxylic acids is 2. The Hall–Kier alpha value is -1.88. The lowest BCUT2D eigenvalue weighted by Crippen LogP contribution is -2.45. The standard InChI is InChI=1S/C14H19N3O2/c1-14(2,3)12(15)13(19)16-9-4-5-10-8(6-9)7-11(18)17-10/h4-6,12H,7,15H2,1-3H3,(H,16,19)(H,17,18)/t12-/m1/s1. The van der Waals surface area contributed by atoms with Crippen LogP contribution in [0.15, 0.2) is 18.2 Å². The van der Waals surface area contributed by atoms with Gasteiger partial charge in [0.15, 0.2) is 0 Å². The van der Waals surface area contributed by atoms with E-state index in [9.17, 15) is 9.59 Å². The maximum absolute atomic E-state index is 12.0. The highest BCUT2D eigenvalue weighted by Gasteiger charge is 2.27. The molecule has 0 spiro atoms. The van der Waals surface area contributed by atoms with Crippen molar-refractivity contribution in [2.45, 2.75) is 33.2 Å². The van der Waals surface area contributed by atoms with E-state index < -0.39 is 6.04 Å². The summed E-state index contributed by atoms with van der Waals surface area (Å²) in [7, 11) is 0. The number of carbonyl (C=O) groups is 2. The van der Waals surface area contributed by atoms with Crippen molar-refractivity contribution >= 4 is 23.2 Å². The van der Waals surface area contributed by atoms with Crippen LogP contribution in [0.4, 0.5) is 11.4 Å². The van der Waals surface area contributed by atoms with Crippen LogP contribution >= 0.6 is 0 Å². The minimum absolute atomic E-state index is 0.0233. The predicted octanol–water partition coefficient (Wildman–Crippen LogP) is 1.49. The summed E-state index contributed by atoms with van der Waals surface area (Å²) in [5.41, 5.74) is 7.98. The van der Waals surface area contributed by atoms with Crippen LogP contribution in [-0.4, -0.2) is 17.9 Å². The van der Waals surface area contributed by atoms with Crippen molar-refractivity contribution in [3.05, 3.63) is 23.8 Å². The van der Waals surface area contributed by atoms with Crippen molar-refractivity contribution in [2.24, 2.45) is 11.1 Å². The molecule has 0 aromatic heterocycles. The van der Waals surface area contributed by atoms with Gasteiger partial charge in [-0.05, 0) is 29.2 Å². The molecule has 4 N–H and O–H groups in total. The number of fused-ring (bicyclic) bond motifs is 1. The van der Waals surface area contributed by atoms with Crippen molar-refractivity contribution in [1.82, 2.24) is 0 Å². The van der Waals surface area contributed by atoms with Gasteiger partial charge in [0, 0.05) is 11.4 Å². The smallest absolute Gasteiger partial charge is 0.241 e. The first kappa shape index (κ1) is 13.5. The number of nitrogens with one attached hydrogen (secondary N) is 2. The Morgan fingerprint density at radius 1 is 1.42 bits per heavy atom. The van der Waals surface area contributed by atoms with E-state index in [2.05, 4.69) is 10.6 Å². The Bertz CT molecular complexity index is 532. The Morgan fingerprint density at radius 3 is 2.74 bits per heavy atom. The Kier molecular flexibility index (Phi) is 3.32. The van der Waals surface area contributed by atoms with Gasteiger partial charge in [-0.2, -0.15) is 0 Å². The summed E-state index contributed by atoms with van der Waals surface area (Å²) < 4.78 is 0. The second-order valence-electron chi connectivity index (χ2n) is 5.93. The zero-order valence-corrected chi connectivity index (χ0v) is 11.4. The van der Waals surface area contributed by atoms with Gasteiger partial charge in [0.2, 0.25) is 11.8 Å². The molecule has 2 rings (SSSR count). The zero-order valence-electron chi connectivity index (χ0n) is 11.4. The Labute approximate surface area is 112 Å². The molecule has 0 bridgehead atoms. The molecule has 102 valence electrons. The van der Waals surface area contributed by atoms with Crippen molar-refractivity contribution in [3.63, 3.8) is 0 Å². The van der Waals surface area contributed by atoms with Gasteiger partial charge in [0.05, 0.1) is 12.5 Å². The number of nitrogens with two attached hydrogens (primary N) is 1. The van der Waals surface area contributed by atoms with E-state index in [0.717, 1.165) is 11.3 Å². The SMILES string of the molecule is CC(C)(C)[C@H](N)C(=O)Nc1ccc2c(c1)CC(=O)N2. The quantitative estimate of drug-likeness (QED) is 0.754. The summed E-state index contributed by atoms with van der Waals surface area (Å²) in [6.45, 7) is 5.76. The maximum atomic E-state index is 12.0. The van der Waals surface area contributed by atoms with Crippen molar-refractivity contribution in [2.75, 3.05) is 10.6 Å². The summed E-state index contributed by atoms with van der Waals surface area (Å²) in [5.74, 6) is -0.241. The number of anilines is 2. The second kappa shape index (κ2) is 4.66. The molecule has 1 aliphatic heterocycles. The number of rotatable bonds is 2. The van der Waals surface area contributed by atoms with Crippen LogP contribution in [-0.2, 0) is 16.0 Å². The first-order valence-corrected chi connectivity index (χ1v) is 6.26. The van der Waals surface area contributed by atoms with Gasteiger partial charge in [-0.15, -0.1) is 0 Å². The van der Waals surface area contributed by atoms with Crippen LogP contribution in [0.25, 0.3) is 0 Å². The Balaban J connectivity index is 2.11. The van der Waals surface area contributed by atoms with Gasteiger partial charge in [-0.3, -0.25) is 9.59 Å². The molecule has 1 aromatic carbocycles. The third-order valence-corrected chi connectivity index (χ3v) is 3.21. The third kappa shape index (κ3) is 2.93. The van der Waals surface area contributed by atoms with Gasteiger partial charge >= 0.3 is 0 Å². The summed E-state index contributed by atoms with van der Waals surface area (Å²) in [6.07, 6.45) is 0.352. The van der Waals surface area contributed by atoms with Crippen LogP contribution in [0, 0.1) is 5.41 Å². The fourth-order valence-electron chi connectivity index (χ4n) is 1.92. The first-order valence-electron chi connectivity index (χ1n) is 6.26.